The van der Waals surface area contributed by atoms with Crippen molar-refractivity contribution in [1.82, 2.24) is 0 Å². The zero-order chi connectivity index (χ0) is 18.4. The molecule has 1 aromatic carbocycles. The van der Waals surface area contributed by atoms with Crippen LogP contribution in [-0.4, -0.2) is 44.7 Å². The van der Waals surface area contributed by atoms with E-state index in [4.69, 9.17) is 24.2 Å². The number of methoxy groups -OCH3 is 2. The van der Waals surface area contributed by atoms with Gasteiger partial charge in [-0.1, -0.05) is 19.9 Å². The molecule has 3 aliphatic rings. The van der Waals surface area contributed by atoms with Crippen LogP contribution in [0.15, 0.2) is 26.6 Å². The molecule has 2 heterocycles. The number of benzene rings is 1. The maximum atomic E-state index is 6.01. The van der Waals surface area contributed by atoms with Crippen LogP contribution >= 0.6 is 15.9 Å². The molecule has 0 amide bonds. The molecule has 4 rings (SSSR count). The molecule has 0 bridgehead atoms. The third-order valence-electron chi connectivity index (χ3n) is 5.52. The summed E-state index contributed by atoms with van der Waals surface area (Å²) in [4.78, 5) is 9.63. The number of hydrogen-bond acceptors (Lipinski definition) is 5. The Labute approximate surface area is 163 Å². The lowest BCUT2D eigenvalue weighted by Crippen LogP contribution is -2.38. The Hall–Kier alpha value is -1.56. The Bertz CT molecular complexity index is 775. The van der Waals surface area contributed by atoms with Gasteiger partial charge in [-0.15, -0.1) is 0 Å². The molecule has 1 aromatic rings. The van der Waals surface area contributed by atoms with Crippen molar-refractivity contribution in [3.8, 4) is 5.75 Å². The van der Waals surface area contributed by atoms with Crippen LogP contribution in [0.2, 0.25) is 0 Å². The highest BCUT2D eigenvalue weighted by Crippen LogP contribution is 2.56. The van der Waals surface area contributed by atoms with E-state index in [9.17, 15) is 0 Å². The molecule has 0 spiro atoms. The first-order valence-electron chi connectivity index (χ1n) is 9.20. The molecule has 5 nitrogen and oxygen atoms in total. The molecule has 0 saturated heterocycles. The molecule has 1 saturated carbocycles. The van der Waals surface area contributed by atoms with E-state index in [1.54, 1.807) is 14.2 Å². The number of rotatable bonds is 3. The summed E-state index contributed by atoms with van der Waals surface area (Å²) < 4.78 is 18.2. The van der Waals surface area contributed by atoms with Gasteiger partial charge in [0, 0.05) is 17.9 Å². The van der Waals surface area contributed by atoms with E-state index in [0.717, 1.165) is 23.2 Å². The van der Waals surface area contributed by atoms with Gasteiger partial charge in [-0.25, -0.2) is 9.98 Å². The molecule has 0 radical (unpaired) electrons. The predicted molar refractivity (Wildman–Crippen MR) is 105 cm³/mol. The van der Waals surface area contributed by atoms with Crippen LogP contribution in [0.25, 0.3) is 0 Å². The van der Waals surface area contributed by atoms with Crippen molar-refractivity contribution in [2.45, 2.75) is 44.7 Å². The van der Waals surface area contributed by atoms with E-state index < -0.39 is 0 Å². The first-order valence-corrected chi connectivity index (χ1v) is 10.00. The zero-order valence-electron chi connectivity index (χ0n) is 15.7. The Morgan fingerprint density at radius 2 is 1.96 bits per heavy atom. The van der Waals surface area contributed by atoms with Crippen LogP contribution in [0, 0.1) is 11.8 Å². The predicted octanol–water partition coefficient (Wildman–Crippen LogP) is 3.98. The van der Waals surface area contributed by atoms with Crippen LogP contribution < -0.4 is 4.74 Å². The second-order valence-corrected chi connectivity index (χ2v) is 8.47. The smallest absolute Gasteiger partial charge is 0.209 e. The van der Waals surface area contributed by atoms with Crippen molar-refractivity contribution in [2.24, 2.45) is 21.8 Å². The van der Waals surface area contributed by atoms with E-state index in [1.165, 1.54) is 17.5 Å². The summed E-state index contributed by atoms with van der Waals surface area (Å²) in [5.74, 6) is 3.97. The molecule has 1 aliphatic carbocycles. The fraction of sp³-hybridized carbons (Fsp3) is 0.600. The molecule has 6 heteroatoms. The van der Waals surface area contributed by atoms with Crippen molar-refractivity contribution in [3.05, 3.63) is 27.7 Å². The Morgan fingerprint density at radius 3 is 2.65 bits per heavy atom. The summed E-state index contributed by atoms with van der Waals surface area (Å²) in [5, 5.41) is 0. The minimum atomic E-state index is -0.158. The number of halogens is 1. The Kier molecular flexibility index (Phi) is 4.71. The maximum Gasteiger partial charge on any atom is 0.209 e. The molecular weight excluding hydrogens is 396 g/mol. The fourth-order valence-electron chi connectivity index (χ4n) is 4.02. The highest BCUT2D eigenvalue weighted by molar-refractivity contribution is 9.10. The quantitative estimate of drug-likeness (QED) is 0.742. The average Bonchev–Trinajstić information content (AvgIpc) is 3.43. The number of nitrogens with zero attached hydrogens (tertiary/aromatic N) is 2. The van der Waals surface area contributed by atoms with Crippen molar-refractivity contribution in [1.29, 1.82) is 0 Å². The first kappa shape index (κ1) is 17.8. The van der Waals surface area contributed by atoms with Crippen LogP contribution in [0.5, 0.6) is 5.75 Å². The molecule has 2 unspecified atom stereocenters. The van der Waals surface area contributed by atoms with E-state index in [2.05, 4.69) is 41.9 Å². The van der Waals surface area contributed by atoms with Crippen LogP contribution in [0.4, 0.5) is 0 Å². The molecule has 0 N–H and O–H groups in total. The van der Waals surface area contributed by atoms with Gasteiger partial charge in [0.05, 0.1) is 25.3 Å². The molecule has 26 heavy (non-hydrogen) atoms. The minimum Gasteiger partial charge on any atom is -0.492 e. The Morgan fingerprint density at radius 1 is 1.19 bits per heavy atom. The van der Waals surface area contributed by atoms with Gasteiger partial charge >= 0.3 is 0 Å². The molecule has 2 aliphatic heterocycles. The summed E-state index contributed by atoms with van der Waals surface area (Å²) in [6, 6.07) is 4.01. The number of aliphatic imine (C=N–C) groups is 2. The van der Waals surface area contributed by atoms with E-state index in [-0.39, 0.29) is 12.1 Å². The summed E-state index contributed by atoms with van der Waals surface area (Å²) in [6.45, 7) is 5.06. The number of fused-ring (bicyclic) bond motifs is 3. The van der Waals surface area contributed by atoms with Gasteiger partial charge in [0.25, 0.3) is 0 Å². The zero-order valence-corrected chi connectivity index (χ0v) is 17.2. The average molecular weight is 421 g/mol. The minimum absolute atomic E-state index is 0.0822. The lowest BCUT2D eigenvalue weighted by atomic mass is 9.93. The topological polar surface area (TPSA) is 52.4 Å². The second-order valence-electron chi connectivity index (χ2n) is 7.61. The summed E-state index contributed by atoms with van der Waals surface area (Å²) >= 11 is 3.64. The van der Waals surface area contributed by atoms with Crippen LogP contribution in [0.3, 0.4) is 0 Å². The molecule has 1 fully saturated rings. The molecule has 4 atom stereocenters. The van der Waals surface area contributed by atoms with Crippen LogP contribution in [0.1, 0.15) is 37.3 Å². The van der Waals surface area contributed by atoms with Gasteiger partial charge in [0.1, 0.15) is 17.8 Å². The highest BCUT2D eigenvalue weighted by Gasteiger charge is 2.46. The lowest BCUT2D eigenvalue weighted by Gasteiger charge is -2.28. The second kappa shape index (κ2) is 6.87. The van der Waals surface area contributed by atoms with E-state index in [0.29, 0.717) is 29.5 Å². The monoisotopic (exact) mass is 420 g/mol. The molecular formula is C20H25BrN2O3. The summed E-state index contributed by atoms with van der Waals surface area (Å²) in [7, 11) is 3.34. The van der Waals surface area contributed by atoms with Gasteiger partial charge in [-0.2, -0.15) is 0 Å². The Balaban J connectivity index is 1.67. The van der Waals surface area contributed by atoms with Gasteiger partial charge in [0.15, 0.2) is 0 Å². The van der Waals surface area contributed by atoms with Crippen molar-refractivity contribution < 1.29 is 14.2 Å². The van der Waals surface area contributed by atoms with E-state index >= 15 is 0 Å². The van der Waals surface area contributed by atoms with Crippen molar-refractivity contribution in [3.63, 3.8) is 0 Å². The fourth-order valence-corrected chi connectivity index (χ4v) is 4.48. The van der Waals surface area contributed by atoms with Crippen molar-refractivity contribution >= 4 is 27.7 Å². The van der Waals surface area contributed by atoms with Gasteiger partial charge in [0.2, 0.25) is 11.8 Å². The third-order valence-corrected chi connectivity index (χ3v) is 6.15. The number of ether oxygens (including phenoxy) is 3. The van der Waals surface area contributed by atoms with Crippen LogP contribution in [-0.2, 0) is 15.9 Å². The van der Waals surface area contributed by atoms with Gasteiger partial charge < -0.3 is 14.2 Å². The molecule has 140 valence electrons. The van der Waals surface area contributed by atoms with Gasteiger partial charge in [-0.05, 0) is 45.8 Å². The molecule has 0 aromatic heterocycles. The standard InChI is InChI=1S/C20H25BrN2O3/c1-10(2)17-20(25-4)22-15(19(23-17)24-3)8-11-5-6-14(21)18-16(11)13-7-12(13)9-26-18/h5-6,10,12-13,15,17H,7-9H2,1-4H3/t12?,13?,15-,17+/m0/s1. The maximum absolute atomic E-state index is 6.01. The van der Waals surface area contributed by atoms with E-state index in [1.807, 2.05) is 0 Å². The SMILES string of the molecule is COC1=N[C@H](C(C)C)C(OC)=N[C@H]1Cc1ccc(Br)c2c1C1CC1CO2. The third kappa shape index (κ3) is 3.02. The lowest BCUT2D eigenvalue weighted by molar-refractivity contribution is 0.276. The first-order chi connectivity index (χ1) is 12.5. The summed E-state index contributed by atoms with van der Waals surface area (Å²) in [5.41, 5.74) is 2.61. The number of hydrogen-bond donors (Lipinski definition) is 0. The normalized spacial score (nSPS) is 29.2. The highest BCUT2D eigenvalue weighted by atomic mass is 79.9. The van der Waals surface area contributed by atoms with Crippen molar-refractivity contribution in [2.75, 3.05) is 20.8 Å². The van der Waals surface area contributed by atoms with Gasteiger partial charge in [-0.3, -0.25) is 0 Å². The largest absolute Gasteiger partial charge is 0.492 e. The summed E-state index contributed by atoms with van der Waals surface area (Å²) in [6.07, 6.45) is 1.96.